The summed E-state index contributed by atoms with van der Waals surface area (Å²) in [5, 5.41) is 20.1. The van der Waals surface area contributed by atoms with Crippen LogP contribution in [0.25, 0.3) is 10.9 Å². The molecule has 0 bridgehead atoms. The summed E-state index contributed by atoms with van der Waals surface area (Å²) in [6.45, 7) is 0.161. The molecule has 0 aliphatic carbocycles. The maximum atomic E-state index is 13.0. The number of carbonyl (C=O) groups is 1. The van der Waals surface area contributed by atoms with Gasteiger partial charge in [0.15, 0.2) is 5.84 Å². The van der Waals surface area contributed by atoms with Crippen LogP contribution in [0.4, 0.5) is 17.1 Å². The Morgan fingerprint density at radius 1 is 1.14 bits per heavy atom. The lowest BCUT2D eigenvalue weighted by Crippen LogP contribution is -2.28. The molecule has 0 atom stereocenters. The van der Waals surface area contributed by atoms with Crippen molar-refractivity contribution in [2.75, 3.05) is 31.3 Å². The first-order chi connectivity index (χ1) is 16.9. The zero-order valence-electron chi connectivity index (χ0n) is 19.3. The topological polar surface area (TPSA) is 113 Å². The second-order valence-electron chi connectivity index (χ2n) is 7.92. The summed E-state index contributed by atoms with van der Waals surface area (Å²) < 4.78 is 0. The van der Waals surface area contributed by atoms with Crippen LogP contribution in [0.1, 0.15) is 15.2 Å². The standard InChI is InChI=1S/C25H24N6O3S/c1-30(2)23(16-31(33)34)28-18-6-5-7-19(14-18)29-25(32)24-22(11-13-35-24)27-15-17-10-12-26-21-9-4-3-8-20(17)21/h3-14,27H,15-16H2,1-2H3,(H,29,32). The van der Waals surface area contributed by atoms with E-state index in [4.69, 9.17) is 0 Å². The number of nitrogens with one attached hydrogen (secondary N) is 2. The summed E-state index contributed by atoms with van der Waals surface area (Å²) in [5.74, 6) is 0.0631. The molecular weight excluding hydrogens is 464 g/mol. The lowest BCUT2D eigenvalue weighted by atomic mass is 10.1. The van der Waals surface area contributed by atoms with Crippen LogP contribution in [0, 0.1) is 10.1 Å². The number of para-hydroxylation sites is 1. The van der Waals surface area contributed by atoms with E-state index < -0.39 is 4.92 Å². The van der Waals surface area contributed by atoms with E-state index >= 15 is 0 Å². The number of aromatic nitrogens is 1. The summed E-state index contributed by atoms with van der Waals surface area (Å²) >= 11 is 1.35. The van der Waals surface area contributed by atoms with Gasteiger partial charge in [0.1, 0.15) is 4.88 Å². The van der Waals surface area contributed by atoms with Gasteiger partial charge in [-0.05, 0) is 47.3 Å². The van der Waals surface area contributed by atoms with Crippen molar-refractivity contribution in [3.8, 4) is 0 Å². The molecule has 4 aromatic rings. The third-order valence-corrected chi connectivity index (χ3v) is 6.14. The Balaban J connectivity index is 1.48. The van der Waals surface area contributed by atoms with Crippen LogP contribution < -0.4 is 10.6 Å². The maximum Gasteiger partial charge on any atom is 0.267 e. The molecule has 1 amide bonds. The van der Waals surface area contributed by atoms with Gasteiger partial charge in [-0.3, -0.25) is 19.9 Å². The van der Waals surface area contributed by atoms with Gasteiger partial charge in [-0.15, -0.1) is 11.3 Å². The third kappa shape index (κ3) is 5.98. The van der Waals surface area contributed by atoms with E-state index in [1.54, 1.807) is 49.5 Å². The molecule has 10 heteroatoms. The van der Waals surface area contributed by atoms with Crippen molar-refractivity contribution >= 4 is 51.0 Å². The van der Waals surface area contributed by atoms with Crippen LogP contribution >= 0.6 is 11.3 Å². The van der Waals surface area contributed by atoms with Gasteiger partial charge < -0.3 is 15.5 Å². The smallest absolute Gasteiger partial charge is 0.267 e. The van der Waals surface area contributed by atoms with E-state index in [1.807, 2.05) is 41.8 Å². The minimum atomic E-state index is -0.426. The monoisotopic (exact) mass is 488 g/mol. The molecule has 0 spiro atoms. The van der Waals surface area contributed by atoms with Crippen molar-refractivity contribution in [2.45, 2.75) is 6.54 Å². The van der Waals surface area contributed by atoms with Gasteiger partial charge in [0.2, 0.25) is 0 Å². The predicted molar refractivity (Wildman–Crippen MR) is 140 cm³/mol. The minimum absolute atomic E-state index is 0.249. The number of pyridine rings is 1. The second-order valence-corrected chi connectivity index (χ2v) is 8.84. The molecule has 0 aliphatic rings. The molecule has 178 valence electrons. The van der Waals surface area contributed by atoms with E-state index in [-0.39, 0.29) is 12.5 Å². The van der Waals surface area contributed by atoms with Gasteiger partial charge in [-0.2, -0.15) is 0 Å². The molecule has 0 fully saturated rings. The SMILES string of the molecule is CN(C)C(C[N+](=O)[O-])=Nc1cccc(NC(=O)c2sccc2NCc2ccnc3ccccc23)c1. The van der Waals surface area contributed by atoms with Gasteiger partial charge in [0.05, 0.1) is 16.9 Å². The van der Waals surface area contributed by atoms with Crippen molar-refractivity contribution in [3.63, 3.8) is 0 Å². The van der Waals surface area contributed by atoms with Crippen molar-refractivity contribution in [1.82, 2.24) is 9.88 Å². The second kappa shape index (κ2) is 10.7. The van der Waals surface area contributed by atoms with Crippen molar-refractivity contribution in [1.29, 1.82) is 0 Å². The summed E-state index contributed by atoms with van der Waals surface area (Å²) in [5.41, 5.74) is 3.82. The summed E-state index contributed by atoms with van der Waals surface area (Å²) in [4.78, 5) is 34.4. The lowest BCUT2D eigenvalue weighted by molar-refractivity contribution is -0.464. The number of likely N-dealkylation sites (N-methyl/N-ethyl adjacent to an activating group) is 1. The molecule has 0 aliphatic heterocycles. The number of rotatable bonds is 8. The first-order valence-electron chi connectivity index (χ1n) is 10.8. The van der Waals surface area contributed by atoms with Gasteiger partial charge in [-0.25, -0.2) is 4.99 Å². The average Bonchev–Trinajstić information content (AvgIpc) is 3.31. The number of hydrogen-bond acceptors (Lipinski definition) is 7. The fraction of sp³-hybridized carbons (Fsp3) is 0.160. The number of amides is 1. The van der Waals surface area contributed by atoms with E-state index in [9.17, 15) is 14.9 Å². The molecule has 2 heterocycles. The first kappa shape index (κ1) is 23.8. The highest BCUT2D eigenvalue weighted by Crippen LogP contribution is 2.26. The predicted octanol–water partition coefficient (Wildman–Crippen LogP) is 5.03. The quantitative estimate of drug-likeness (QED) is 0.156. The fourth-order valence-corrected chi connectivity index (χ4v) is 4.27. The summed E-state index contributed by atoms with van der Waals surface area (Å²) in [6, 6.07) is 18.7. The largest absolute Gasteiger partial charge is 0.380 e. The Morgan fingerprint density at radius 2 is 1.97 bits per heavy atom. The highest BCUT2D eigenvalue weighted by atomic mass is 32.1. The van der Waals surface area contributed by atoms with Crippen LogP contribution in [0.3, 0.4) is 0 Å². The Labute approximate surface area is 206 Å². The number of anilines is 2. The molecule has 0 unspecified atom stereocenters. The molecule has 4 rings (SSSR count). The van der Waals surface area contributed by atoms with Crippen LogP contribution in [0.2, 0.25) is 0 Å². The summed E-state index contributed by atoms with van der Waals surface area (Å²) in [6.07, 6.45) is 1.78. The number of thiophene rings is 1. The van der Waals surface area contributed by atoms with E-state index in [0.29, 0.717) is 28.6 Å². The van der Waals surface area contributed by atoms with Gasteiger partial charge in [-0.1, -0.05) is 24.3 Å². The van der Waals surface area contributed by atoms with Crippen LogP contribution in [-0.4, -0.2) is 47.2 Å². The molecule has 2 aromatic carbocycles. The molecule has 9 nitrogen and oxygen atoms in total. The van der Waals surface area contributed by atoms with Crippen molar-refractivity contribution in [2.24, 2.45) is 4.99 Å². The fourth-order valence-electron chi connectivity index (χ4n) is 3.51. The Kier molecular flexibility index (Phi) is 7.32. The van der Waals surface area contributed by atoms with Gasteiger partial charge in [0.25, 0.3) is 12.5 Å². The molecule has 2 aromatic heterocycles. The van der Waals surface area contributed by atoms with E-state index in [2.05, 4.69) is 20.6 Å². The molecule has 35 heavy (non-hydrogen) atoms. The normalized spacial score (nSPS) is 11.3. The van der Waals surface area contributed by atoms with E-state index in [0.717, 1.165) is 22.2 Å². The zero-order valence-corrected chi connectivity index (χ0v) is 20.1. The lowest BCUT2D eigenvalue weighted by Gasteiger charge is -2.13. The zero-order chi connectivity index (χ0) is 24.8. The molecule has 2 N–H and O–H groups in total. The molecule has 0 radical (unpaired) electrons. The number of aliphatic imine (C=N–C) groups is 1. The number of carbonyl (C=O) groups excluding carboxylic acids is 1. The Morgan fingerprint density at radius 3 is 2.77 bits per heavy atom. The number of amidine groups is 1. The van der Waals surface area contributed by atoms with Crippen molar-refractivity contribution < 1.29 is 9.72 Å². The van der Waals surface area contributed by atoms with Crippen LogP contribution in [0.15, 0.2) is 77.2 Å². The number of fused-ring (bicyclic) bond motifs is 1. The highest BCUT2D eigenvalue weighted by molar-refractivity contribution is 7.12. The first-order valence-corrected chi connectivity index (χ1v) is 11.7. The molecule has 0 saturated carbocycles. The van der Waals surface area contributed by atoms with Gasteiger partial charge >= 0.3 is 0 Å². The number of hydrogen-bond donors (Lipinski definition) is 2. The Bertz CT molecular complexity index is 1390. The van der Waals surface area contributed by atoms with Gasteiger partial charge in [0, 0.05) is 42.8 Å². The highest BCUT2D eigenvalue weighted by Gasteiger charge is 2.15. The number of benzene rings is 2. The van der Waals surface area contributed by atoms with E-state index in [1.165, 1.54) is 11.3 Å². The number of nitrogens with zero attached hydrogens (tertiary/aromatic N) is 4. The van der Waals surface area contributed by atoms with Crippen LogP contribution in [-0.2, 0) is 6.54 Å². The average molecular weight is 489 g/mol. The maximum absolute atomic E-state index is 13.0. The van der Waals surface area contributed by atoms with Crippen LogP contribution in [0.5, 0.6) is 0 Å². The molecular formula is C25H24N6O3S. The van der Waals surface area contributed by atoms with Crippen molar-refractivity contribution in [3.05, 3.63) is 92.8 Å². The number of nitro groups is 1. The summed E-state index contributed by atoms with van der Waals surface area (Å²) in [7, 11) is 3.40. The third-order valence-electron chi connectivity index (χ3n) is 5.23. The molecule has 0 saturated heterocycles. The Hall–Kier alpha value is -4.31. The minimum Gasteiger partial charge on any atom is -0.380 e.